The Kier molecular flexibility index (Phi) is 5.70. The molecule has 0 unspecified atom stereocenters. The van der Waals surface area contributed by atoms with Crippen LogP contribution in [0.4, 0.5) is 0 Å². The quantitative estimate of drug-likeness (QED) is 0.431. The van der Waals surface area contributed by atoms with Gasteiger partial charge in [0.05, 0.1) is 0 Å². The van der Waals surface area contributed by atoms with E-state index in [4.69, 9.17) is 0 Å². The fourth-order valence-electron chi connectivity index (χ4n) is 0.835. The van der Waals surface area contributed by atoms with Gasteiger partial charge in [0, 0.05) is 28.2 Å². The molecule has 0 atom stereocenters. The van der Waals surface area contributed by atoms with Crippen molar-refractivity contribution in [2.75, 3.05) is 28.2 Å². The Morgan fingerprint density at radius 1 is 1.00 bits per heavy atom. The maximum Gasteiger partial charge on any atom is 0.211 e. The van der Waals surface area contributed by atoms with Crippen LogP contribution >= 0.6 is 0 Å². The Morgan fingerprint density at radius 2 is 1.36 bits per heavy atom. The highest BCUT2D eigenvalue weighted by atomic mass is 28.3. The van der Waals surface area contributed by atoms with Crippen molar-refractivity contribution in [1.29, 1.82) is 0 Å². The fraction of sp³-hybridized carbons (Fsp3) is 1.00. The van der Waals surface area contributed by atoms with Gasteiger partial charge in [-0.2, -0.15) is 0 Å². The van der Waals surface area contributed by atoms with Crippen molar-refractivity contribution in [3.8, 4) is 0 Å². The zero-order valence-electron chi connectivity index (χ0n) is 8.18. The van der Waals surface area contributed by atoms with Crippen molar-refractivity contribution in [3.05, 3.63) is 0 Å². The third-order valence-electron chi connectivity index (χ3n) is 1.24. The van der Waals surface area contributed by atoms with Gasteiger partial charge in [-0.1, -0.05) is 6.92 Å². The summed E-state index contributed by atoms with van der Waals surface area (Å²) in [4.78, 5) is 0. The largest absolute Gasteiger partial charge is 0.264 e. The number of rotatable bonds is 5. The van der Waals surface area contributed by atoms with Gasteiger partial charge in [0.2, 0.25) is 9.12 Å². The Bertz CT molecular complexity index is 86.6. The highest BCUT2D eigenvalue weighted by Crippen LogP contribution is 1.82. The smallest absolute Gasteiger partial charge is 0.211 e. The van der Waals surface area contributed by atoms with E-state index in [1.165, 1.54) is 6.04 Å². The topological polar surface area (TPSA) is 30.5 Å². The molecule has 0 aromatic rings. The summed E-state index contributed by atoms with van der Waals surface area (Å²) in [6, 6.07) is 1.19. The van der Waals surface area contributed by atoms with Crippen molar-refractivity contribution in [1.82, 2.24) is 20.2 Å². The monoisotopic (exact) mass is 176 g/mol. The third-order valence-corrected chi connectivity index (χ3v) is 3.71. The van der Waals surface area contributed by atoms with Crippen LogP contribution in [0.3, 0.4) is 0 Å². The van der Waals surface area contributed by atoms with Crippen LogP contribution in [0.2, 0.25) is 6.04 Å². The van der Waals surface area contributed by atoms with E-state index in [0.717, 1.165) is 0 Å². The summed E-state index contributed by atoms with van der Waals surface area (Å²) in [6.07, 6.45) is 0. The first-order valence-corrected chi connectivity index (χ1v) is 5.90. The van der Waals surface area contributed by atoms with Gasteiger partial charge < -0.3 is 0 Å². The fourth-order valence-corrected chi connectivity index (χ4v) is 2.50. The lowest BCUT2D eigenvalue weighted by Gasteiger charge is -2.24. The van der Waals surface area contributed by atoms with Crippen molar-refractivity contribution < 1.29 is 0 Å². The Hall–Kier alpha value is 0.0569. The maximum absolute atomic E-state index is 3.38. The second-order valence-corrected chi connectivity index (χ2v) is 5.45. The van der Waals surface area contributed by atoms with Gasteiger partial charge in [-0.25, -0.2) is 0 Å². The lowest BCUT2D eigenvalue weighted by Crippen LogP contribution is -2.56. The van der Waals surface area contributed by atoms with Crippen molar-refractivity contribution in [3.63, 3.8) is 0 Å². The van der Waals surface area contributed by atoms with Gasteiger partial charge in [0.25, 0.3) is 0 Å². The normalized spacial score (nSPS) is 12.0. The van der Waals surface area contributed by atoms with E-state index in [1.807, 2.05) is 38.2 Å². The van der Waals surface area contributed by atoms with Crippen LogP contribution in [-0.2, 0) is 0 Å². The Morgan fingerprint density at radius 3 is 1.55 bits per heavy atom. The predicted molar refractivity (Wildman–Crippen MR) is 51.3 cm³/mol. The summed E-state index contributed by atoms with van der Waals surface area (Å²) in [5, 5.41) is 10.8. The molecule has 0 radical (unpaired) electrons. The minimum atomic E-state index is -0.977. The molecular formula is C6H20N4Si. The third kappa shape index (κ3) is 6.45. The predicted octanol–water partition coefficient (Wildman–Crippen LogP) is -0.641. The van der Waals surface area contributed by atoms with Crippen molar-refractivity contribution in [2.24, 2.45) is 0 Å². The molecule has 0 bridgehead atoms. The molecule has 0 heterocycles. The molecule has 2 N–H and O–H groups in total. The summed E-state index contributed by atoms with van der Waals surface area (Å²) in [7, 11) is 7.11. The van der Waals surface area contributed by atoms with E-state index in [9.17, 15) is 0 Å². The van der Waals surface area contributed by atoms with Crippen LogP contribution < -0.4 is 10.2 Å². The lowest BCUT2D eigenvalue weighted by molar-refractivity contribution is 0.324. The molecule has 4 nitrogen and oxygen atoms in total. The van der Waals surface area contributed by atoms with Gasteiger partial charge in [-0.15, -0.1) is 0 Å². The standard InChI is InChI=1S/C6H20N4Si/c1-6-11(7-9(2)3)8-10(4)5/h7-8,11H,6H2,1-5H3. The van der Waals surface area contributed by atoms with Crippen molar-refractivity contribution >= 4 is 9.12 Å². The summed E-state index contributed by atoms with van der Waals surface area (Å²) in [5.74, 6) is 0. The van der Waals surface area contributed by atoms with E-state index in [0.29, 0.717) is 0 Å². The first kappa shape index (κ1) is 11.1. The summed E-state index contributed by atoms with van der Waals surface area (Å²) in [5.41, 5.74) is 0. The van der Waals surface area contributed by atoms with Gasteiger partial charge >= 0.3 is 0 Å². The second kappa shape index (κ2) is 5.67. The minimum absolute atomic E-state index is 0.977. The van der Waals surface area contributed by atoms with Crippen LogP contribution in [0.25, 0.3) is 0 Å². The van der Waals surface area contributed by atoms with E-state index >= 15 is 0 Å². The molecule has 0 aliphatic heterocycles. The highest BCUT2D eigenvalue weighted by Gasteiger charge is 2.08. The molecule has 0 aliphatic rings. The van der Waals surface area contributed by atoms with Gasteiger partial charge in [0.1, 0.15) is 0 Å². The first-order valence-electron chi connectivity index (χ1n) is 3.93. The molecular weight excluding hydrogens is 156 g/mol. The zero-order chi connectivity index (χ0) is 8.85. The molecule has 0 fully saturated rings. The summed E-state index contributed by atoms with van der Waals surface area (Å²) >= 11 is 0. The van der Waals surface area contributed by atoms with E-state index in [-0.39, 0.29) is 0 Å². The van der Waals surface area contributed by atoms with Gasteiger partial charge in [-0.05, 0) is 6.04 Å². The second-order valence-electron chi connectivity index (χ2n) is 3.01. The average molecular weight is 176 g/mol. The number of nitrogens with one attached hydrogen (secondary N) is 2. The van der Waals surface area contributed by atoms with Gasteiger partial charge in [-0.3, -0.25) is 20.2 Å². The molecule has 68 valence electrons. The van der Waals surface area contributed by atoms with E-state index in [1.54, 1.807) is 0 Å². The Labute approximate surface area is 71.3 Å². The van der Waals surface area contributed by atoms with Crippen LogP contribution in [0.15, 0.2) is 0 Å². The Balaban J connectivity index is 3.58. The molecule has 0 amide bonds. The summed E-state index contributed by atoms with van der Waals surface area (Å²) < 4.78 is 0. The molecule has 0 saturated carbocycles. The van der Waals surface area contributed by atoms with Crippen LogP contribution in [0.1, 0.15) is 6.92 Å². The first-order chi connectivity index (χ1) is 5.06. The zero-order valence-corrected chi connectivity index (χ0v) is 9.33. The summed E-state index contributed by atoms with van der Waals surface area (Å²) in [6.45, 7) is 2.20. The van der Waals surface area contributed by atoms with E-state index < -0.39 is 9.12 Å². The molecule has 0 saturated heterocycles. The average Bonchev–Trinajstić information content (AvgIpc) is 1.84. The lowest BCUT2D eigenvalue weighted by atomic mass is 11.0. The maximum atomic E-state index is 3.38. The van der Waals surface area contributed by atoms with Crippen LogP contribution in [-0.4, -0.2) is 47.3 Å². The van der Waals surface area contributed by atoms with Crippen molar-refractivity contribution in [2.45, 2.75) is 13.0 Å². The molecule has 0 aromatic heterocycles. The van der Waals surface area contributed by atoms with Crippen LogP contribution in [0, 0.1) is 0 Å². The molecule has 11 heavy (non-hydrogen) atoms. The number of hydrogen-bond acceptors (Lipinski definition) is 4. The molecule has 0 aliphatic carbocycles. The highest BCUT2D eigenvalue weighted by molar-refractivity contribution is 6.52. The SMILES string of the molecule is CC[SiH](NN(C)C)NN(C)C. The minimum Gasteiger partial charge on any atom is -0.264 e. The van der Waals surface area contributed by atoms with E-state index in [2.05, 4.69) is 17.1 Å². The number of hydrogen-bond donors (Lipinski definition) is 2. The molecule has 0 spiro atoms. The molecule has 0 rings (SSSR count). The van der Waals surface area contributed by atoms with Gasteiger partial charge in [0.15, 0.2) is 0 Å². The molecule has 5 heteroatoms. The molecule has 0 aromatic carbocycles. The number of nitrogens with zero attached hydrogens (tertiary/aromatic N) is 2. The van der Waals surface area contributed by atoms with Crippen LogP contribution in [0.5, 0.6) is 0 Å². The number of hydrazine groups is 2.